The van der Waals surface area contributed by atoms with Crippen LogP contribution in [0.1, 0.15) is 13.3 Å². The maximum Gasteiger partial charge on any atom is -0.00306 e. The second kappa shape index (κ2) is 2.67. The number of hydrogen-bond donors (Lipinski definition) is 1. The minimum absolute atomic E-state index is 0.722. The topological polar surface area (TPSA) is 26.0 Å². The molecule has 0 heterocycles. The fraction of sp³-hybridized carbons (Fsp3) is 0.375. The molecule has 0 aromatic rings. The lowest BCUT2D eigenvalue weighted by Gasteiger charge is -1.89. The molecule has 0 aliphatic heterocycles. The van der Waals surface area contributed by atoms with Crippen molar-refractivity contribution in [3.8, 4) is 0 Å². The molecule has 0 atom stereocenters. The van der Waals surface area contributed by atoms with Crippen LogP contribution in [-0.4, -0.2) is 6.54 Å². The van der Waals surface area contributed by atoms with E-state index in [0.29, 0.717) is 0 Å². The van der Waals surface area contributed by atoms with Gasteiger partial charge in [-0.1, -0.05) is 0 Å². The van der Waals surface area contributed by atoms with Gasteiger partial charge in [0.25, 0.3) is 0 Å². The van der Waals surface area contributed by atoms with Gasteiger partial charge >= 0.3 is 0 Å². The van der Waals surface area contributed by atoms with Crippen LogP contribution in [0.4, 0.5) is 0 Å². The number of rotatable bonds is 2. The van der Waals surface area contributed by atoms with Crippen molar-refractivity contribution in [1.82, 2.24) is 0 Å². The molecule has 1 nitrogen and oxygen atoms in total. The predicted octanol–water partition coefficient (Wildman–Crippen LogP) is 1.38. The first-order chi connectivity index (χ1) is 4.33. The van der Waals surface area contributed by atoms with Crippen LogP contribution in [0.3, 0.4) is 0 Å². The van der Waals surface area contributed by atoms with Crippen molar-refractivity contribution in [3.63, 3.8) is 0 Å². The van der Waals surface area contributed by atoms with E-state index < -0.39 is 0 Å². The molecule has 0 saturated carbocycles. The molecule has 0 aromatic carbocycles. The second-order valence-electron chi connectivity index (χ2n) is 2.24. The van der Waals surface area contributed by atoms with Gasteiger partial charge in [-0.05, 0) is 43.2 Å². The first kappa shape index (κ1) is 6.34. The summed E-state index contributed by atoms with van der Waals surface area (Å²) < 4.78 is 0. The lowest BCUT2D eigenvalue weighted by Crippen LogP contribution is -1.97. The maximum absolute atomic E-state index is 5.35. The van der Waals surface area contributed by atoms with Crippen molar-refractivity contribution in [2.45, 2.75) is 13.3 Å². The highest BCUT2D eigenvalue weighted by Gasteiger charge is 1.95. The van der Waals surface area contributed by atoms with E-state index in [2.05, 4.69) is 18.7 Å². The van der Waals surface area contributed by atoms with E-state index in [1.807, 2.05) is 6.08 Å². The highest BCUT2D eigenvalue weighted by atomic mass is 14.5. The number of nitrogens with two attached hydrogens (primary N) is 1. The van der Waals surface area contributed by atoms with E-state index in [0.717, 1.165) is 13.0 Å². The van der Waals surface area contributed by atoms with Crippen LogP contribution < -0.4 is 5.73 Å². The highest BCUT2D eigenvalue weighted by molar-refractivity contribution is 5.35. The normalized spacial score (nSPS) is 15.8. The fourth-order valence-electron chi connectivity index (χ4n) is 0.865. The molecule has 0 bridgehead atoms. The van der Waals surface area contributed by atoms with Crippen LogP contribution in [0.5, 0.6) is 0 Å². The summed E-state index contributed by atoms with van der Waals surface area (Å²) in [5.41, 5.74) is 11.0. The summed E-state index contributed by atoms with van der Waals surface area (Å²) in [5.74, 6) is 0. The number of allylic oxidation sites excluding steroid dienone is 2. The van der Waals surface area contributed by atoms with Gasteiger partial charge in [0.05, 0.1) is 0 Å². The Kier molecular flexibility index (Phi) is 1.88. The summed E-state index contributed by atoms with van der Waals surface area (Å²) >= 11 is 0. The van der Waals surface area contributed by atoms with Crippen molar-refractivity contribution < 1.29 is 0 Å². The molecule has 0 radical (unpaired) electrons. The van der Waals surface area contributed by atoms with Gasteiger partial charge in [0.2, 0.25) is 0 Å². The lowest BCUT2D eigenvalue weighted by molar-refractivity contribution is 0.977. The molecule has 2 N–H and O–H groups in total. The molecule has 0 aromatic heterocycles. The average molecular weight is 121 g/mol. The van der Waals surface area contributed by atoms with E-state index in [4.69, 9.17) is 5.73 Å². The number of hydrogen-bond acceptors (Lipinski definition) is 1. The van der Waals surface area contributed by atoms with Crippen LogP contribution in [-0.2, 0) is 0 Å². The maximum atomic E-state index is 5.35. The quantitative estimate of drug-likeness (QED) is 0.549. The molecule has 48 valence electrons. The van der Waals surface area contributed by atoms with Crippen molar-refractivity contribution in [1.29, 1.82) is 0 Å². The molecule has 1 aliphatic carbocycles. The first-order valence-corrected chi connectivity index (χ1v) is 3.17. The molecule has 0 saturated heterocycles. The Morgan fingerprint density at radius 1 is 1.67 bits per heavy atom. The molecular formula is C8H11N. The van der Waals surface area contributed by atoms with Crippen molar-refractivity contribution in [2.24, 2.45) is 5.73 Å². The molecule has 9 heavy (non-hydrogen) atoms. The molecule has 0 unspecified atom stereocenters. The van der Waals surface area contributed by atoms with Crippen molar-refractivity contribution in [2.75, 3.05) is 6.54 Å². The molecular weight excluding hydrogens is 110 g/mol. The van der Waals surface area contributed by atoms with Gasteiger partial charge in [0, 0.05) is 0 Å². The largest absolute Gasteiger partial charge is 0.330 e. The van der Waals surface area contributed by atoms with Gasteiger partial charge in [-0.25, -0.2) is 0 Å². The highest BCUT2D eigenvalue weighted by Crippen LogP contribution is 2.11. The first-order valence-electron chi connectivity index (χ1n) is 3.17. The molecule has 0 amide bonds. The SMILES string of the molecule is CC1=CC(CCN)=C=C1. The van der Waals surface area contributed by atoms with E-state index in [1.54, 1.807) is 0 Å². The standard InChI is InChI=1S/C8H11N/c1-7-2-3-8(6-7)4-5-9/h2,6H,4-5,9H2,1H3. The Morgan fingerprint density at radius 3 is 2.89 bits per heavy atom. The summed E-state index contributed by atoms with van der Waals surface area (Å²) in [6.07, 6.45) is 5.06. The average Bonchev–Trinajstić information content (AvgIpc) is 2.17. The van der Waals surface area contributed by atoms with E-state index in [1.165, 1.54) is 11.1 Å². The van der Waals surface area contributed by atoms with E-state index >= 15 is 0 Å². The van der Waals surface area contributed by atoms with Crippen LogP contribution in [0.25, 0.3) is 0 Å². The minimum Gasteiger partial charge on any atom is -0.330 e. The van der Waals surface area contributed by atoms with E-state index in [-0.39, 0.29) is 0 Å². The smallest absolute Gasteiger partial charge is 0.00306 e. The zero-order valence-corrected chi connectivity index (χ0v) is 5.65. The molecule has 1 heteroatoms. The van der Waals surface area contributed by atoms with Crippen LogP contribution in [0.2, 0.25) is 0 Å². The monoisotopic (exact) mass is 121 g/mol. The Morgan fingerprint density at radius 2 is 2.44 bits per heavy atom. The van der Waals surface area contributed by atoms with Gasteiger partial charge in [-0.3, -0.25) is 0 Å². The molecule has 1 aliphatic rings. The fourth-order valence-corrected chi connectivity index (χ4v) is 0.865. The Hall–Kier alpha value is -0.780. The predicted molar refractivity (Wildman–Crippen MR) is 39.0 cm³/mol. The van der Waals surface area contributed by atoms with Gasteiger partial charge in [-0.2, -0.15) is 0 Å². The lowest BCUT2D eigenvalue weighted by atomic mass is 10.2. The zero-order valence-electron chi connectivity index (χ0n) is 5.65. The molecule has 0 fully saturated rings. The summed E-state index contributed by atoms with van der Waals surface area (Å²) in [6, 6.07) is 0. The summed E-state index contributed by atoms with van der Waals surface area (Å²) in [4.78, 5) is 0. The summed E-state index contributed by atoms with van der Waals surface area (Å²) in [5, 5.41) is 0. The van der Waals surface area contributed by atoms with Gasteiger partial charge in [0.1, 0.15) is 0 Å². The summed E-state index contributed by atoms with van der Waals surface area (Å²) in [6.45, 7) is 2.79. The second-order valence-corrected chi connectivity index (χ2v) is 2.24. The van der Waals surface area contributed by atoms with Crippen molar-refractivity contribution in [3.05, 3.63) is 29.0 Å². The third-order valence-electron chi connectivity index (χ3n) is 1.30. The van der Waals surface area contributed by atoms with Crippen molar-refractivity contribution >= 4 is 0 Å². The third-order valence-corrected chi connectivity index (χ3v) is 1.30. The third kappa shape index (κ3) is 1.56. The van der Waals surface area contributed by atoms with Crippen LogP contribution >= 0.6 is 0 Å². The minimum atomic E-state index is 0.722. The van der Waals surface area contributed by atoms with Crippen LogP contribution in [0, 0.1) is 0 Å². The Bertz CT molecular complexity index is 193. The van der Waals surface area contributed by atoms with Gasteiger partial charge < -0.3 is 5.73 Å². The zero-order chi connectivity index (χ0) is 6.69. The summed E-state index contributed by atoms with van der Waals surface area (Å²) in [7, 11) is 0. The van der Waals surface area contributed by atoms with Gasteiger partial charge in [-0.15, -0.1) is 5.73 Å². The van der Waals surface area contributed by atoms with Gasteiger partial charge in [0.15, 0.2) is 0 Å². The molecule has 0 spiro atoms. The Balaban J connectivity index is 2.56. The molecule has 1 rings (SSSR count). The van der Waals surface area contributed by atoms with E-state index in [9.17, 15) is 0 Å². The van der Waals surface area contributed by atoms with Crippen LogP contribution in [0.15, 0.2) is 29.0 Å². The Labute approximate surface area is 55.6 Å².